The van der Waals surface area contributed by atoms with Gasteiger partial charge in [-0.2, -0.15) is 11.8 Å². The van der Waals surface area contributed by atoms with Crippen LogP contribution >= 0.6 is 27.7 Å². The standard InChI is InChI=1S/C13H20BrNS/c1-3-16-8-7-12(10-15-2)11-5-4-6-13(14)9-11/h4-6,9,12,15H,3,7-8,10H2,1-2H3. The first-order chi connectivity index (χ1) is 7.77. The predicted octanol–water partition coefficient (Wildman–Crippen LogP) is 3.90. The lowest BCUT2D eigenvalue weighted by Crippen LogP contribution is -2.18. The predicted molar refractivity (Wildman–Crippen MR) is 78.4 cm³/mol. The Morgan fingerprint density at radius 2 is 2.25 bits per heavy atom. The highest BCUT2D eigenvalue weighted by molar-refractivity contribution is 9.10. The second kappa shape index (κ2) is 8.15. The van der Waals surface area contributed by atoms with Crippen LogP contribution in [0.5, 0.6) is 0 Å². The summed E-state index contributed by atoms with van der Waals surface area (Å²) < 4.78 is 1.18. The van der Waals surface area contributed by atoms with Gasteiger partial charge in [-0.3, -0.25) is 0 Å². The van der Waals surface area contributed by atoms with Crippen LogP contribution in [-0.4, -0.2) is 25.1 Å². The first-order valence-electron chi connectivity index (χ1n) is 5.75. The average molecular weight is 302 g/mol. The molecule has 1 aromatic carbocycles. The minimum atomic E-state index is 0.626. The Hall–Kier alpha value is 0.01000. The Labute approximate surface area is 112 Å². The highest BCUT2D eigenvalue weighted by Crippen LogP contribution is 2.23. The highest BCUT2D eigenvalue weighted by Gasteiger charge is 2.10. The Kier molecular flexibility index (Phi) is 7.17. The average Bonchev–Trinajstić information content (AvgIpc) is 2.28. The summed E-state index contributed by atoms with van der Waals surface area (Å²) >= 11 is 5.56. The topological polar surface area (TPSA) is 12.0 Å². The normalized spacial score (nSPS) is 12.7. The third kappa shape index (κ3) is 4.89. The van der Waals surface area contributed by atoms with Gasteiger partial charge in [-0.25, -0.2) is 0 Å². The monoisotopic (exact) mass is 301 g/mol. The molecule has 0 aromatic heterocycles. The summed E-state index contributed by atoms with van der Waals surface area (Å²) in [7, 11) is 2.03. The molecule has 1 atom stereocenters. The van der Waals surface area contributed by atoms with Gasteiger partial charge in [-0.15, -0.1) is 0 Å². The fraction of sp³-hybridized carbons (Fsp3) is 0.538. The molecule has 0 bridgehead atoms. The van der Waals surface area contributed by atoms with E-state index >= 15 is 0 Å². The Morgan fingerprint density at radius 1 is 1.44 bits per heavy atom. The van der Waals surface area contributed by atoms with Crippen molar-refractivity contribution in [3.8, 4) is 0 Å². The summed E-state index contributed by atoms with van der Waals surface area (Å²) in [6.07, 6.45) is 1.25. The van der Waals surface area contributed by atoms with E-state index in [4.69, 9.17) is 0 Å². The lowest BCUT2D eigenvalue weighted by Gasteiger charge is -2.17. The summed E-state index contributed by atoms with van der Waals surface area (Å²) in [5.74, 6) is 3.08. The van der Waals surface area contributed by atoms with Crippen molar-refractivity contribution < 1.29 is 0 Å². The summed E-state index contributed by atoms with van der Waals surface area (Å²) in [6.45, 7) is 3.28. The molecule has 1 nitrogen and oxygen atoms in total. The Balaban J connectivity index is 2.61. The number of hydrogen-bond acceptors (Lipinski definition) is 2. The smallest absolute Gasteiger partial charge is 0.0178 e. The summed E-state index contributed by atoms with van der Waals surface area (Å²) in [5.41, 5.74) is 1.43. The van der Waals surface area contributed by atoms with Crippen LogP contribution in [0.1, 0.15) is 24.8 Å². The number of likely N-dealkylation sites (N-methyl/N-ethyl adjacent to an activating group) is 1. The van der Waals surface area contributed by atoms with E-state index < -0.39 is 0 Å². The van der Waals surface area contributed by atoms with Crippen molar-refractivity contribution >= 4 is 27.7 Å². The molecule has 0 amide bonds. The molecule has 0 fully saturated rings. The van der Waals surface area contributed by atoms with Gasteiger partial charge in [0.2, 0.25) is 0 Å². The van der Waals surface area contributed by atoms with Gasteiger partial charge in [0.25, 0.3) is 0 Å². The first kappa shape index (κ1) is 14.1. The third-order valence-corrected chi connectivity index (χ3v) is 4.01. The van der Waals surface area contributed by atoms with E-state index in [0.29, 0.717) is 5.92 Å². The zero-order chi connectivity index (χ0) is 11.8. The number of nitrogens with one attached hydrogen (secondary N) is 1. The molecule has 0 spiro atoms. The van der Waals surface area contributed by atoms with Crippen LogP contribution in [-0.2, 0) is 0 Å². The van der Waals surface area contributed by atoms with Crippen LogP contribution in [0.15, 0.2) is 28.7 Å². The fourth-order valence-corrected chi connectivity index (χ4v) is 2.92. The lowest BCUT2D eigenvalue weighted by atomic mass is 9.96. The molecule has 1 rings (SSSR count). The molecule has 0 saturated heterocycles. The van der Waals surface area contributed by atoms with Crippen LogP contribution in [0.3, 0.4) is 0 Å². The van der Waals surface area contributed by atoms with Gasteiger partial charge in [-0.05, 0) is 48.6 Å². The van der Waals surface area contributed by atoms with Gasteiger partial charge >= 0.3 is 0 Å². The molecule has 3 heteroatoms. The number of thioether (sulfide) groups is 1. The maximum absolute atomic E-state index is 3.54. The fourth-order valence-electron chi connectivity index (χ4n) is 1.76. The molecule has 0 aliphatic rings. The van der Waals surface area contributed by atoms with Crippen molar-refractivity contribution in [1.82, 2.24) is 5.32 Å². The van der Waals surface area contributed by atoms with Crippen molar-refractivity contribution in [3.63, 3.8) is 0 Å². The van der Waals surface area contributed by atoms with Crippen molar-refractivity contribution in [2.45, 2.75) is 19.3 Å². The Morgan fingerprint density at radius 3 is 2.88 bits per heavy atom. The quantitative estimate of drug-likeness (QED) is 0.767. The van der Waals surface area contributed by atoms with E-state index in [1.165, 1.54) is 28.0 Å². The molecule has 0 aliphatic carbocycles. The molecular formula is C13H20BrNS. The molecule has 90 valence electrons. The van der Waals surface area contributed by atoms with E-state index in [1.807, 2.05) is 18.8 Å². The second-order valence-corrected chi connectivity index (χ2v) is 6.10. The molecule has 1 unspecified atom stereocenters. The first-order valence-corrected chi connectivity index (χ1v) is 7.70. The second-order valence-electron chi connectivity index (χ2n) is 3.80. The molecule has 16 heavy (non-hydrogen) atoms. The van der Waals surface area contributed by atoms with E-state index in [-0.39, 0.29) is 0 Å². The SMILES string of the molecule is CCSCCC(CNC)c1cccc(Br)c1. The van der Waals surface area contributed by atoms with E-state index in [1.54, 1.807) is 0 Å². The number of halogens is 1. The number of hydrogen-bond donors (Lipinski definition) is 1. The maximum atomic E-state index is 3.54. The molecule has 0 heterocycles. The van der Waals surface area contributed by atoms with E-state index in [9.17, 15) is 0 Å². The van der Waals surface area contributed by atoms with Gasteiger partial charge in [0.05, 0.1) is 0 Å². The van der Waals surface area contributed by atoms with Crippen LogP contribution in [0.2, 0.25) is 0 Å². The molecule has 0 saturated carbocycles. The zero-order valence-electron chi connectivity index (χ0n) is 10.0. The molecule has 0 radical (unpaired) electrons. The molecule has 0 aliphatic heterocycles. The van der Waals surface area contributed by atoms with E-state index in [2.05, 4.69) is 52.4 Å². The van der Waals surface area contributed by atoms with Crippen molar-refractivity contribution in [2.24, 2.45) is 0 Å². The largest absolute Gasteiger partial charge is 0.319 e. The van der Waals surface area contributed by atoms with Gasteiger partial charge in [-0.1, -0.05) is 35.0 Å². The lowest BCUT2D eigenvalue weighted by molar-refractivity contribution is 0.615. The van der Waals surface area contributed by atoms with Crippen molar-refractivity contribution in [2.75, 3.05) is 25.1 Å². The molecule has 1 aromatic rings. The minimum absolute atomic E-state index is 0.626. The van der Waals surface area contributed by atoms with Crippen LogP contribution in [0.4, 0.5) is 0 Å². The van der Waals surface area contributed by atoms with E-state index in [0.717, 1.165) is 6.54 Å². The van der Waals surface area contributed by atoms with Crippen molar-refractivity contribution in [1.29, 1.82) is 0 Å². The number of rotatable bonds is 7. The summed E-state index contributed by atoms with van der Waals surface area (Å²) in [5, 5.41) is 3.29. The van der Waals surface area contributed by atoms with Crippen LogP contribution in [0, 0.1) is 0 Å². The van der Waals surface area contributed by atoms with Gasteiger partial charge in [0.15, 0.2) is 0 Å². The van der Waals surface area contributed by atoms with Crippen LogP contribution < -0.4 is 5.32 Å². The third-order valence-electron chi connectivity index (χ3n) is 2.59. The summed E-state index contributed by atoms with van der Waals surface area (Å²) in [4.78, 5) is 0. The highest BCUT2D eigenvalue weighted by atomic mass is 79.9. The summed E-state index contributed by atoms with van der Waals surface area (Å²) in [6, 6.07) is 8.66. The minimum Gasteiger partial charge on any atom is -0.319 e. The van der Waals surface area contributed by atoms with Crippen molar-refractivity contribution in [3.05, 3.63) is 34.3 Å². The zero-order valence-corrected chi connectivity index (χ0v) is 12.4. The maximum Gasteiger partial charge on any atom is 0.0178 e. The van der Waals surface area contributed by atoms with Gasteiger partial charge < -0.3 is 5.32 Å². The molecular weight excluding hydrogens is 282 g/mol. The number of benzene rings is 1. The van der Waals surface area contributed by atoms with Gasteiger partial charge in [0, 0.05) is 11.0 Å². The molecule has 1 N–H and O–H groups in total. The van der Waals surface area contributed by atoms with Crippen LogP contribution in [0.25, 0.3) is 0 Å². The Bertz CT molecular complexity index is 304. The van der Waals surface area contributed by atoms with Gasteiger partial charge in [0.1, 0.15) is 0 Å².